The number of nitrogens with one attached hydrogen (secondary N) is 1. The first-order valence-corrected chi connectivity index (χ1v) is 7.06. The van der Waals surface area contributed by atoms with Crippen LogP contribution in [-0.4, -0.2) is 17.0 Å². The molecule has 0 aliphatic rings. The van der Waals surface area contributed by atoms with Crippen molar-refractivity contribution in [2.75, 3.05) is 7.05 Å². The van der Waals surface area contributed by atoms with Gasteiger partial charge in [0, 0.05) is 28.3 Å². The normalized spacial score (nSPS) is 12.0. The van der Waals surface area contributed by atoms with Gasteiger partial charge in [-0.15, -0.1) is 0 Å². The first-order valence-electron chi connectivity index (χ1n) is 6.27. The number of hydrogen-bond donors (Lipinski definition) is 1. The molecule has 1 heterocycles. The summed E-state index contributed by atoms with van der Waals surface area (Å²) >= 11 is 3.21. The maximum Gasteiger partial charge on any atom is 0.312 e. The Morgan fingerprint density at radius 2 is 2.19 bits per heavy atom. The summed E-state index contributed by atoms with van der Waals surface area (Å²) in [4.78, 5) is 14.8. The molecule has 0 aliphatic heterocycles. The van der Waals surface area contributed by atoms with E-state index in [1.165, 1.54) is 6.07 Å². The van der Waals surface area contributed by atoms with Gasteiger partial charge in [-0.1, -0.05) is 22.0 Å². The van der Waals surface area contributed by atoms with Crippen molar-refractivity contribution in [1.29, 1.82) is 0 Å². The Balaban J connectivity index is 2.41. The van der Waals surface area contributed by atoms with E-state index in [-0.39, 0.29) is 17.5 Å². The van der Waals surface area contributed by atoms with Crippen molar-refractivity contribution in [3.8, 4) is 11.6 Å². The second-order valence-corrected chi connectivity index (χ2v) is 5.30. The maximum absolute atomic E-state index is 11.1. The first-order chi connectivity index (χ1) is 10.0. The lowest BCUT2D eigenvalue weighted by molar-refractivity contribution is -0.385. The lowest BCUT2D eigenvalue weighted by Gasteiger charge is -2.15. The van der Waals surface area contributed by atoms with Crippen molar-refractivity contribution < 1.29 is 9.66 Å². The van der Waals surface area contributed by atoms with Gasteiger partial charge in [-0.2, -0.15) is 0 Å². The van der Waals surface area contributed by atoms with Crippen LogP contribution in [0.3, 0.4) is 0 Å². The van der Waals surface area contributed by atoms with E-state index >= 15 is 0 Å². The van der Waals surface area contributed by atoms with Crippen LogP contribution < -0.4 is 10.1 Å². The second-order valence-electron chi connectivity index (χ2n) is 4.38. The summed E-state index contributed by atoms with van der Waals surface area (Å²) in [6, 6.07) is 8.32. The molecule has 0 radical (unpaired) electrons. The van der Waals surface area contributed by atoms with E-state index in [1.54, 1.807) is 24.4 Å². The van der Waals surface area contributed by atoms with Gasteiger partial charge in [0.15, 0.2) is 0 Å². The third-order valence-corrected chi connectivity index (χ3v) is 3.52. The fourth-order valence-corrected chi connectivity index (χ4v) is 2.15. The fourth-order valence-electron chi connectivity index (χ4n) is 1.80. The van der Waals surface area contributed by atoms with Crippen LogP contribution in [0.1, 0.15) is 18.5 Å². The number of rotatable bonds is 5. The molecule has 7 heteroatoms. The zero-order valence-corrected chi connectivity index (χ0v) is 13.1. The molecule has 110 valence electrons. The van der Waals surface area contributed by atoms with E-state index < -0.39 is 4.92 Å². The summed E-state index contributed by atoms with van der Waals surface area (Å²) in [7, 11) is 1.82. The van der Waals surface area contributed by atoms with E-state index in [1.807, 2.05) is 20.0 Å². The molecule has 2 rings (SSSR count). The molecule has 1 aromatic carbocycles. The molecule has 2 aromatic rings. The van der Waals surface area contributed by atoms with E-state index in [9.17, 15) is 10.1 Å². The largest absolute Gasteiger partial charge is 0.431 e. The third kappa shape index (κ3) is 3.56. The quantitative estimate of drug-likeness (QED) is 0.654. The Morgan fingerprint density at radius 1 is 1.43 bits per heavy atom. The van der Waals surface area contributed by atoms with Gasteiger partial charge in [-0.3, -0.25) is 10.1 Å². The SMILES string of the molecule is CNC(C)c1cccnc1Oc1ccc(Br)cc1[N+](=O)[O-]. The highest BCUT2D eigenvalue weighted by Gasteiger charge is 2.19. The zero-order valence-electron chi connectivity index (χ0n) is 11.5. The maximum atomic E-state index is 11.1. The van der Waals surface area contributed by atoms with Gasteiger partial charge in [0.25, 0.3) is 0 Å². The number of benzene rings is 1. The van der Waals surface area contributed by atoms with Gasteiger partial charge >= 0.3 is 5.69 Å². The summed E-state index contributed by atoms with van der Waals surface area (Å²) in [6.07, 6.45) is 1.59. The highest BCUT2D eigenvalue weighted by atomic mass is 79.9. The van der Waals surface area contributed by atoms with Crippen LogP contribution in [0.5, 0.6) is 11.6 Å². The molecule has 0 saturated heterocycles. The minimum Gasteiger partial charge on any atom is -0.431 e. The number of nitrogens with zero attached hydrogens (tertiary/aromatic N) is 2. The summed E-state index contributed by atoms with van der Waals surface area (Å²) in [5.41, 5.74) is 0.718. The van der Waals surface area contributed by atoms with E-state index in [0.29, 0.717) is 10.4 Å². The van der Waals surface area contributed by atoms with Crippen LogP contribution in [0.15, 0.2) is 41.0 Å². The molecule has 21 heavy (non-hydrogen) atoms. The summed E-state index contributed by atoms with van der Waals surface area (Å²) < 4.78 is 6.28. The van der Waals surface area contributed by atoms with Crippen molar-refractivity contribution in [2.45, 2.75) is 13.0 Å². The van der Waals surface area contributed by atoms with E-state index in [2.05, 4.69) is 26.2 Å². The molecule has 1 N–H and O–H groups in total. The minimum atomic E-state index is -0.482. The Labute approximate surface area is 130 Å². The topological polar surface area (TPSA) is 77.3 Å². The lowest BCUT2D eigenvalue weighted by atomic mass is 10.1. The summed E-state index contributed by atoms with van der Waals surface area (Å²) in [5.74, 6) is 0.510. The second kappa shape index (κ2) is 6.64. The molecule has 0 saturated carbocycles. The monoisotopic (exact) mass is 351 g/mol. The van der Waals surface area contributed by atoms with Gasteiger partial charge in [-0.25, -0.2) is 4.98 Å². The van der Waals surface area contributed by atoms with Crippen LogP contribution in [0.25, 0.3) is 0 Å². The standard InChI is InChI=1S/C14H14BrN3O3/c1-9(16-2)11-4-3-7-17-14(11)21-13-6-5-10(15)8-12(13)18(19)20/h3-9,16H,1-2H3. The number of pyridine rings is 1. The Hall–Kier alpha value is -1.99. The fraction of sp³-hybridized carbons (Fsp3) is 0.214. The van der Waals surface area contributed by atoms with Crippen LogP contribution in [0.4, 0.5) is 5.69 Å². The molecule has 1 unspecified atom stereocenters. The van der Waals surface area contributed by atoms with Crippen LogP contribution >= 0.6 is 15.9 Å². The Morgan fingerprint density at radius 3 is 2.86 bits per heavy atom. The highest BCUT2D eigenvalue weighted by molar-refractivity contribution is 9.10. The van der Waals surface area contributed by atoms with Gasteiger partial charge in [0.05, 0.1) is 4.92 Å². The summed E-state index contributed by atoms with van der Waals surface area (Å²) in [6.45, 7) is 1.96. The Kier molecular flexibility index (Phi) is 4.87. The number of ether oxygens (including phenoxy) is 1. The molecule has 0 aliphatic carbocycles. The smallest absolute Gasteiger partial charge is 0.312 e. The van der Waals surface area contributed by atoms with Crippen LogP contribution in [0.2, 0.25) is 0 Å². The average Bonchev–Trinajstić information content (AvgIpc) is 2.48. The number of nitro groups is 1. The molecule has 1 aromatic heterocycles. The van der Waals surface area contributed by atoms with Crippen molar-refractivity contribution in [2.24, 2.45) is 0 Å². The third-order valence-electron chi connectivity index (χ3n) is 3.02. The number of hydrogen-bond acceptors (Lipinski definition) is 5. The van der Waals surface area contributed by atoms with Crippen molar-refractivity contribution in [3.63, 3.8) is 0 Å². The van der Waals surface area contributed by atoms with Gasteiger partial charge in [0.1, 0.15) is 0 Å². The molecule has 0 fully saturated rings. The first kappa shape index (κ1) is 15.4. The van der Waals surface area contributed by atoms with Crippen molar-refractivity contribution in [3.05, 3.63) is 56.7 Å². The Bertz CT molecular complexity index is 664. The molecular weight excluding hydrogens is 338 g/mol. The van der Waals surface area contributed by atoms with Gasteiger partial charge in [0.2, 0.25) is 11.6 Å². The predicted molar refractivity (Wildman–Crippen MR) is 82.6 cm³/mol. The van der Waals surface area contributed by atoms with Crippen LogP contribution in [0, 0.1) is 10.1 Å². The highest BCUT2D eigenvalue weighted by Crippen LogP contribution is 2.35. The van der Waals surface area contributed by atoms with Crippen molar-refractivity contribution in [1.82, 2.24) is 10.3 Å². The van der Waals surface area contributed by atoms with Gasteiger partial charge in [-0.05, 0) is 32.2 Å². The van der Waals surface area contributed by atoms with E-state index in [0.717, 1.165) is 5.56 Å². The number of nitro benzene ring substituents is 1. The van der Waals surface area contributed by atoms with Crippen LogP contribution in [-0.2, 0) is 0 Å². The number of halogens is 1. The molecule has 0 spiro atoms. The van der Waals surface area contributed by atoms with Gasteiger partial charge < -0.3 is 10.1 Å². The molecule has 0 amide bonds. The average molecular weight is 352 g/mol. The summed E-state index contributed by atoms with van der Waals surface area (Å²) in [5, 5.41) is 14.2. The lowest BCUT2D eigenvalue weighted by Crippen LogP contribution is -2.13. The van der Waals surface area contributed by atoms with Crippen molar-refractivity contribution >= 4 is 21.6 Å². The minimum absolute atomic E-state index is 0.0169. The number of aromatic nitrogens is 1. The molecule has 6 nitrogen and oxygen atoms in total. The predicted octanol–water partition coefficient (Wildman–Crippen LogP) is 3.83. The molecular formula is C14H14BrN3O3. The zero-order chi connectivity index (χ0) is 15.4. The molecule has 1 atom stereocenters. The molecule has 0 bridgehead atoms. The van der Waals surface area contributed by atoms with E-state index in [4.69, 9.17) is 4.74 Å².